The summed E-state index contributed by atoms with van der Waals surface area (Å²) in [5.41, 5.74) is 0. The Bertz CT molecular complexity index is 442. The highest BCUT2D eigenvalue weighted by atomic mass is 31.2. The second kappa shape index (κ2) is 35.9. The summed E-state index contributed by atoms with van der Waals surface area (Å²) < 4.78 is 0. The Morgan fingerprint density at radius 2 is 0.500 bits per heavy atom. The van der Waals surface area contributed by atoms with E-state index in [4.69, 9.17) is 0 Å². The lowest BCUT2D eigenvalue weighted by molar-refractivity contribution is 0.320. The smallest absolute Gasteiger partial charge is 0.0825 e. The lowest BCUT2D eigenvalue weighted by Gasteiger charge is -2.26. The minimum Gasteiger partial charge on any atom is -0.393 e. The molecule has 0 bridgehead atoms. The molecule has 0 atom stereocenters. The average Bonchev–Trinajstić information content (AvgIpc) is 3.00. The van der Waals surface area contributed by atoms with Crippen LogP contribution in [0.1, 0.15) is 226 Å². The van der Waals surface area contributed by atoms with Gasteiger partial charge in [-0.15, -0.1) is 0 Å². The summed E-state index contributed by atoms with van der Waals surface area (Å²) >= 11 is 0. The van der Waals surface area contributed by atoms with Gasteiger partial charge in [0.05, 0.1) is 31.3 Å². The summed E-state index contributed by atoms with van der Waals surface area (Å²) in [5, 5.41) is 9.83. The van der Waals surface area contributed by atoms with Crippen LogP contribution >= 0.6 is 7.26 Å². The fraction of sp³-hybridized carbons (Fsp3) is 1.00. The molecule has 42 heavy (non-hydrogen) atoms. The van der Waals surface area contributed by atoms with Gasteiger partial charge in [0, 0.05) is 7.26 Å². The van der Waals surface area contributed by atoms with E-state index < -0.39 is 7.26 Å². The molecule has 0 unspecified atom stereocenters. The van der Waals surface area contributed by atoms with E-state index in [0.717, 1.165) is 6.16 Å². The van der Waals surface area contributed by atoms with Crippen LogP contribution < -0.4 is 0 Å². The summed E-state index contributed by atoms with van der Waals surface area (Å²) in [4.78, 5) is 0. The second-order valence-corrected chi connectivity index (χ2v) is 18.8. The number of hydrogen-bond donors (Lipinski definition) is 1. The molecule has 0 radical (unpaired) electrons. The van der Waals surface area contributed by atoms with Gasteiger partial charge in [-0.1, -0.05) is 194 Å². The molecule has 254 valence electrons. The maximum Gasteiger partial charge on any atom is 0.0825 e. The molecule has 0 saturated heterocycles. The van der Waals surface area contributed by atoms with Gasteiger partial charge in [0.25, 0.3) is 0 Å². The van der Waals surface area contributed by atoms with Gasteiger partial charge in [0.2, 0.25) is 0 Å². The third-order valence-corrected chi connectivity index (χ3v) is 15.2. The Kier molecular flexibility index (Phi) is 36.2. The topological polar surface area (TPSA) is 20.2 Å². The fourth-order valence-electron chi connectivity index (χ4n) is 7.01. The molecule has 0 fully saturated rings. The normalized spacial score (nSPS) is 12.0. The minimum absolute atomic E-state index is 0.430. The van der Waals surface area contributed by atoms with E-state index in [1.807, 2.05) is 0 Å². The maximum atomic E-state index is 9.83. The molecule has 0 heterocycles. The first kappa shape index (κ1) is 42.4. The summed E-state index contributed by atoms with van der Waals surface area (Å²) in [6, 6.07) is 0. The standard InChI is InChI=1S/C40H84OP/c1-4-7-9-11-13-15-17-19-21-23-25-27-29-31-33-35-38-42(6-3,40-37-41)39-36-34-32-30-28-26-24-22-20-18-16-14-12-10-8-5-2/h41H,4-40H2,1-3H3/q+1. The number of rotatable bonds is 37. The van der Waals surface area contributed by atoms with Crippen molar-refractivity contribution in [3.8, 4) is 0 Å². The van der Waals surface area contributed by atoms with Crippen molar-refractivity contribution in [2.75, 3.05) is 31.3 Å². The van der Waals surface area contributed by atoms with Crippen LogP contribution in [0.4, 0.5) is 0 Å². The molecular formula is C40H84OP+. The highest BCUT2D eigenvalue weighted by Crippen LogP contribution is 2.59. The van der Waals surface area contributed by atoms with Crippen LogP contribution in [0, 0.1) is 0 Å². The number of aliphatic hydroxyl groups excluding tert-OH is 1. The van der Waals surface area contributed by atoms with Gasteiger partial charge in [-0.2, -0.15) is 0 Å². The van der Waals surface area contributed by atoms with Crippen molar-refractivity contribution >= 4 is 7.26 Å². The van der Waals surface area contributed by atoms with Crippen LogP contribution in [-0.2, 0) is 0 Å². The molecule has 0 rings (SSSR count). The molecule has 0 amide bonds. The summed E-state index contributed by atoms with van der Waals surface area (Å²) in [6.07, 6.45) is 51.9. The van der Waals surface area contributed by atoms with Crippen molar-refractivity contribution in [3.63, 3.8) is 0 Å². The van der Waals surface area contributed by atoms with Crippen LogP contribution in [0.5, 0.6) is 0 Å². The van der Waals surface area contributed by atoms with Gasteiger partial charge < -0.3 is 5.11 Å². The molecule has 1 N–H and O–H groups in total. The van der Waals surface area contributed by atoms with E-state index in [9.17, 15) is 5.11 Å². The number of hydrogen-bond acceptors (Lipinski definition) is 1. The SMILES string of the molecule is CCCCCCCCCCCCCCCCCC[P+](CC)(CCO)CCCCCCCCCCCCCCCCCC. The zero-order valence-corrected chi connectivity index (χ0v) is 31.0. The van der Waals surface area contributed by atoms with Crippen LogP contribution in [0.15, 0.2) is 0 Å². The van der Waals surface area contributed by atoms with Crippen molar-refractivity contribution in [1.29, 1.82) is 0 Å². The van der Waals surface area contributed by atoms with Crippen molar-refractivity contribution < 1.29 is 5.11 Å². The lowest BCUT2D eigenvalue weighted by Crippen LogP contribution is -2.13. The molecule has 0 saturated carbocycles. The summed E-state index contributed by atoms with van der Waals surface area (Å²) in [5.74, 6) is 0. The molecule has 1 nitrogen and oxygen atoms in total. The van der Waals surface area contributed by atoms with Crippen LogP contribution in [0.3, 0.4) is 0 Å². The van der Waals surface area contributed by atoms with Crippen LogP contribution in [-0.4, -0.2) is 36.4 Å². The van der Waals surface area contributed by atoms with Gasteiger partial charge >= 0.3 is 0 Å². The largest absolute Gasteiger partial charge is 0.393 e. The van der Waals surface area contributed by atoms with Crippen molar-refractivity contribution in [2.45, 2.75) is 226 Å². The van der Waals surface area contributed by atoms with Gasteiger partial charge in [0.15, 0.2) is 0 Å². The fourth-order valence-corrected chi connectivity index (χ4v) is 10.8. The Morgan fingerprint density at radius 3 is 0.690 bits per heavy atom. The highest BCUT2D eigenvalue weighted by molar-refractivity contribution is 7.75. The monoisotopic (exact) mass is 612 g/mol. The summed E-state index contributed by atoms with van der Waals surface area (Å²) in [6.45, 7) is 7.47. The van der Waals surface area contributed by atoms with Crippen molar-refractivity contribution in [3.05, 3.63) is 0 Å². The number of aliphatic hydroxyl groups is 1. The first-order valence-corrected chi connectivity index (χ1v) is 22.7. The third kappa shape index (κ3) is 30.4. The molecule has 0 aromatic heterocycles. The lowest BCUT2D eigenvalue weighted by atomic mass is 10.0. The Labute approximate surface area is 269 Å². The predicted octanol–water partition coefficient (Wildman–Crippen LogP) is 14.5. The maximum absolute atomic E-state index is 9.83. The average molecular weight is 612 g/mol. The van der Waals surface area contributed by atoms with E-state index in [1.165, 1.54) is 224 Å². The van der Waals surface area contributed by atoms with Crippen molar-refractivity contribution in [2.24, 2.45) is 0 Å². The van der Waals surface area contributed by atoms with E-state index in [-0.39, 0.29) is 0 Å². The van der Waals surface area contributed by atoms with E-state index >= 15 is 0 Å². The molecule has 0 aliphatic carbocycles. The third-order valence-electron chi connectivity index (χ3n) is 10.2. The molecule has 0 spiro atoms. The highest BCUT2D eigenvalue weighted by Gasteiger charge is 2.33. The molecule has 2 heteroatoms. The van der Waals surface area contributed by atoms with Crippen LogP contribution in [0.25, 0.3) is 0 Å². The molecule has 0 aromatic carbocycles. The van der Waals surface area contributed by atoms with Gasteiger partial charge in [0.1, 0.15) is 0 Å². The first-order valence-electron chi connectivity index (χ1n) is 20.2. The van der Waals surface area contributed by atoms with E-state index in [1.54, 1.807) is 0 Å². The predicted molar refractivity (Wildman–Crippen MR) is 198 cm³/mol. The Balaban J connectivity index is 3.61. The Hall–Kier alpha value is 0.390. The molecule has 0 aliphatic heterocycles. The van der Waals surface area contributed by atoms with Crippen LogP contribution in [0.2, 0.25) is 0 Å². The Morgan fingerprint density at radius 1 is 0.286 bits per heavy atom. The van der Waals surface area contributed by atoms with Gasteiger partial charge in [-0.05, 0) is 32.6 Å². The second-order valence-electron chi connectivity index (χ2n) is 14.2. The van der Waals surface area contributed by atoms with Crippen molar-refractivity contribution in [1.82, 2.24) is 0 Å². The van der Waals surface area contributed by atoms with Gasteiger partial charge in [-0.25, -0.2) is 0 Å². The van der Waals surface area contributed by atoms with Gasteiger partial charge in [-0.3, -0.25) is 0 Å². The zero-order valence-electron chi connectivity index (χ0n) is 30.1. The molecular weight excluding hydrogens is 527 g/mol. The summed E-state index contributed by atoms with van der Waals surface area (Å²) in [7, 11) is -0.903. The zero-order chi connectivity index (χ0) is 30.7. The van der Waals surface area contributed by atoms with E-state index in [2.05, 4.69) is 20.8 Å². The molecule has 0 aliphatic rings. The minimum atomic E-state index is -0.903. The molecule has 0 aromatic rings. The van der Waals surface area contributed by atoms with E-state index in [0.29, 0.717) is 6.61 Å². The number of unbranched alkanes of at least 4 members (excludes halogenated alkanes) is 30. The quantitative estimate of drug-likeness (QED) is 0.0547. The first-order chi connectivity index (χ1) is 20.7.